The van der Waals surface area contributed by atoms with Crippen LogP contribution in [0.3, 0.4) is 0 Å². The number of ether oxygens (including phenoxy) is 2. The summed E-state index contributed by atoms with van der Waals surface area (Å²) in [7, 11) is -3.47. The Balaban J connectivity index is 1.68. The van der Waals surface area contributed by atoms with E-state index in [2.05, 4.69) is 9.62 Å². The smallest absolute Gasteiger partial charge is 0.240 e. The van der Waals surface area contributed by atoms with Crippen molar-refractivity contribution in [2.45, 2.75) is 17.4 Å². The Morgan fingerprint density at radius 2 is 1.87 bits per heavy atom. The van der Waals surface area contributed by atoms with Crippen molar-refractivity contribution in [2.75, 3.05) is 46.1 Å². The topological polar surface area (TPSA) is 67.9 Å². The van der Waals surface area contributed by atoms with E-state index in [-0.39, 0.29) is 6.04 Å². The van der Waals surface area contributed by atoms with Crippen molar-refractivity contribution in [1.29, 1.82) is 0 Å². The van der Waals surface area contributed by atoms with Gasteiger partial charge in [-0.15, -0.1) is 0 Å². The third-order valence-electron chi connectivity index (χ3n) is 4.56. The van der Waals surface area contributed by atoms with Gasteiger partial charge in [-0.2, -0.15) is 0 Å². The summed E-state index contributed by atoms with van der Waals surface area (Å²) in [4.78, 5) is 2.64. The molecule has 6 nitrogen and oxygen atoms in total. The van der Waals surface area contributed by atoms with E-state index in [1.54, 1.807) is 24.3 Å². The average molecular weight is 340 g/mol. The van der Waals surface area contributed by atoms with Crippen molar-refractivity contribution in [3.63, 3.8) is 0 Å². The Labute approximate surface area is 137 Å². The Morgan fingerprint density at radius 3 is 2.52 bits per heavy atom. The van der Waals surface area contributed by atoms with Crippen molar-refractivity contribution >= 4 is 10.0 Å². The maximum atomic E-state index is 12.4. The van der Waals surface area contributed by atoms with Gasteiger partial charge in [0.2, 0.25) is 10.0 Å². The van der Waals surface area contributed by atoms with Crippen LogP contribution in [-0.4, -0.2) is 65.4 Å². The lowest BCUT2D eigenvalue weighted by Crippen LogP contribution is -2.52. The molecule has 0 spiro atoms. The molecular weight excluding hydrogens is 316 g/mol. The Hall–Kier alpha value is -0.990. The number of nitrogens with one attached hydrogen (secondary N) is 1. The van der Waals surface area contributed by atoms with Gasteiger partial charge in [0.05, 0.1) is 24.7 Å². The van der Waals surface area contributed by atoms with Crippen molar-refractivity contribution in [2.24, 2.45) is 5.92 Å². The summed E-state index contributed by atoms with van der Waals surface area (Å²) >= 11 is 0. The highest BCUT2D eigenvalue weighted by Crippen LogP contribution is 2.22. The lowest BCUT2D eigenvalue weighted by Gasteiger charge is -2.37. The first-order valence-electron chi connectivity index (χ1n) is 8.11. The summed E-state index contributed by atoms with van der Waals surface area (Å²) in [5, 5.41) is 0. The van der Waals surface area contributed by atoms with E-state index in [1.165, 1.54) is 0 Å². The third-order valence-corrected chi connectivity index (χ3v) is 6.00. The summed E-state index contributed by atoms with van der Waals surface area (Å²) in [6.45, 7) is 4.96. The highest BCUT2D eigenvalue weighted by Gasteiger charge is 2.32. The number of morpholine rings is 1. The molecule has 128 valence electrons. The van der Waals surface area contributed by atoms with Crippen LogP contribution < -0.4 is 4.72 Å². The van der Waals surface area contributed by atoms with Crippen LogP contribution in [0.1, 0.15) is 6.42 Å². The van der Waals surface area contributed by atoms with Gasteiger partial charge in [0.15, 0.2) is 0 Å². The van der Waals surface area contributed by atoms with Crippen LogP contribution in [0.4, 0.5) is 0 Å². The van der Waals surface area contributed by atoms with E-state index in [1.807, 2.05) is 6.07 Å². The SMILES string of the molecule is O=S(=O)(NC[C@H]([C@@H]1CCOC1)N1CCOCC1)c1ccccc1. The zero-order chi connectivity index (χ0) is 16.1. The fourth-order valence-electron chi connectivity index (χ4n) is 3.24. The van der Waals surface area contributed by atoms with Crippen LogP contribution >= 0.6 is 0 Å². The van der Waals surface area contributed by atoms with Crippen molar-refractivity contribution < 1.29 is 17.9 Å². The lowest BCUT2D eigenvalue weighted by molar-refractivity contribution is 0.00271. The molecule has 0 aliphatic carbocycles. The number of sulfonamides is 1. The Bertz CT molecular complexity index is 581. The quantitative estimate of drug-likeness (QED) is 0.826. The van der Waals surface area contributed by atoms with Crippen LogP contribution in [0.2, 0.25) is 0 Å². The minimum absolute atomic E-state index is 0.153. The zero-order valence-corrected chi connectivity index (χ0v) is 14.0. The zero-order valence-electron chi connectivity index (χ0n) is 13.2. The van der Waals surface area contributed by atoms with Crippen molar-refractivity contribution in [1.82, 2.24) is 9.62 Å². The summed E-state index contributed by atoms with van der Waals surface area (Å²) in [6, 6.07) is 8.67. The molecule has 1 aromatic rings. The first-order chi connectivity index (χ1) is 11.2. The summed E-state index contributed by atoms with van der Waals surface area (Å²) in [5.41, 5.74) is 0. The Kier molecular flexibility index (Phi) is 5.66. The number of nitrogens with zero attached hydrogens (tertiary/aromatic N) is 1. The molecule has 2 aliphatic rings. The van der Waals surface area contributed by atoms with Crippen LogP contribution in [0.25, 0.3) is 0 Å². The largest absolute Gasteiger partial charge is 0.381 e. The molecule has 0 amide bonds. The van der Waals surface area contributed by atoms with Crippen LogP contribution in [0, 0.1) is 5.92 Å². The maximum absolute atomic E-state index is 12.4. The molecule has 2 atom stereocenters. The van der Waals surface area contributed by atoms with E-state index in [0.29, 0.717) is 37.2 Å². The van der Waals surface area contributed by atoms with Crippen molar-refractivity contribution in [3.8, 4) is 0 Å². The fourth-order valence-corrected chi connectivity index (χ4v) is 4.31. The van der Waals surface area contributed by atoms with Gasteiger partial charge in [-0.25, -0.2) is 13.1 Å². The standard InChI is InChI=1S/C16H24N2O4S/c19-23(20,15-4-2-1-3-5-15)17-12-16(14-6-9-22-13-14)18-7-10-21-11-8-18/h1-5,14,16-17H,6-13H2/t14-,16-/m1/s1. The van der Waals surface area contributed by atoms with E-state index in [0.717, 1.165) is 26.1 Å². The molecule has 3 rings (SSSR count). The molecule has 0 aromatic heterocycles. The predicted molar refractivity (Wildman–Crippen MR) is 86.7 cm³/mol. The minimum atomic E-state index is -3.47. The van der Waals surface area contributed by atoms with E-state index >= 15 is 0 Å². The van der Waals surface area contributed by atoms with Gasteiger partial charge >= 0.3 is 0 Å². The minimum Gasteiger partial charge on any atom is -0.381 e. The van der Waals surface area contributed by atoms with Gasteiger partial charge < -0.3 is 9.47 Å². The second-order valence-electron chi connectivity index (χ2n) is 6.00. The molecule has 0 radical (unpaired) electrons. The lowest BCUT2D eigenvalue weighted by atomic mass is 9.97. The molecule has 2 saturated heterocycles. The second kappa shape index (κ2) is 7.72. The van der Waals surface area contributed by atoms with E-state index in [4.69, 9.17) is 9.47 Å². The molecule has 1 N–H and O–H groups in total. The number of hydrogen-bond donors (Lipinski definition) is 1. The van der Waals surface area contributed by atoms with E-state index in [9.17, 15) is 8.42 Å². The van der Waals surface area contributed by atoms with Crippen molar-refractivity contribution in [3.05, 3.63) is 30.3 Å². The molecule has 2 heterocycles. The van der Waals surface area contributed by atoms with Crippen LogP contribution in [0.5, 0.6) is 0 Å². The highest BCUT2D eigenvalue weighted by atomic mass is 32.2. The molecule has 0 saturated carbocycles. The summed E-state index contributed by atoms with van der Waals surface area (Å²) < 4.78 is 38.6. The molecule has 23 heavy (non-hydrogen) atoms. The predicted octanol–water partition coefficient (Wildman–Crippen LogP) is 0.702. The molecule has 2 aliphatic heterocycles. The summed E-state index contributed by atoms with van der Waals surface area (Å²) in [5.74, 6) is 0.367. The molecule has 7 heteroatoms. The van der Waals surface area contributed by atoms with Gasteiger partial charge in [-0.05, 0) is 18.6 Å². The average Bonchev–Trinajstić information content (AvgIpc) is 3.11. The molecule has 0 unspecified atom stereocenters. The van der Waals surface area contributed by atoms with Gasteiger partial charge in [0, 0.05) is 38.2 Å². The maximum Gasteiger partial charge on any atom is 0.240 e. The van der Waals surface area contributed by atoms with E-state index < -0.39 is 10.0 Å². The third kappa shape index (κ3) is 4.30. The first-order valence-corrected chi connectivity index (χ1v) is 9.59. The number of hydrogen-bond acceptors (Lipinski definition) is 5. The highest BCUT2D eigenvalue weighted by molar-refractivity contribution is 7.89. The molecule has 2 fully saturated rings. The Morgan fingerprint density at radius 1 is 1.13 bits per heavy atom. The summed E-state index contributed by atoms with van der Waals surface area (Å²) in [6.07, 6.45) is 0.981. The van der Waals surface area contributed by atoms with Gasteiger partial charge in [0.25, 0.3) is 0 Å². The van der Waals surface area contributed by atoms with Crippen LogP contribution in [-0.2, 0) is 19.5 Å². The number of benzene rings is 1. The molecular formula is C16H24N2O4S. The first kappa shape index (κ1) is 16.9. The van der Waals surface area contributed by atoms with Crippen LogP contribution in [0.15, 0.2) is 35.2 Å². The van der Waals surface area contributed by atoms with Gasteiger partial charge in [-0.1, -0.05) is 18.2 Å². The number of rotatable bonds is 6. The molecule has 0 bridgehead atoms. The van der Waals surface area contributed by atoms with Gasteiger partial charge in [-0.3, -0.25) is 4.90 Å². The van der Waals surface area contributed by atoms with Gasteiger partial charge in [0.1, 0.15) is 0 Å². The second-order valence-corrected chi connectivity index (χ2v) is 7.77. The fraction of sp³-hybridized carbons (Fsp3) is 0.625. The monoisotopic (exact) mass is 340 g/mol. The molecule has 1 aromatic carbocycles. The normalized spacial score (nSPS) is 24.6.